The average molecular weight is 273 g/mol. The summed E-state index contributed by atoms with van der Waals surface area (Å²) in [5.41, 5.74) is -1.09. The van der Waals surface area contributed by atoms with E-state index in [1.54, 1.807) is 20.8 Å². The second-order valence-electron chi connectivity index (χ2n) is 6.68. The van der Waals surface area contributed by atoms with E-state index >= 15 is 0 Å². The third-order valence-corrected chi connectivity index (χ3v) is 2.45. The monoisotopic (exact) mass is 273 g/mol. The predicted molar refractivity (Wildman–Crippen MR) is 69.0 cm³/mol. The van der Waals surface area contributed by atoms with Gasteiger partial charge in [-0.3, -0.25) is 4.90 Å². The van der Waals surface area contributed by atoms with E-state index in [0.29, 0.717) is 0 Å². The molecule has 1 amide bonds. The number of carbonyl (C=O) groups is 2. The van der Waals surface area contributed by atoms with Crippen molar-refractivity contribution >= 4 is 12.1 Å². The van der Waals surface area contributed by atoms with E-state index in [1.165, 1.54) is 4.90 Å². The molecule has 1 rings (SSSR count). The van der Waals surface area contributed by atoms with E-state index < -0.39 is 35.4 Å². The van der Waals surface area contributed by atoms with E-state index in [1.807, 2.05) is 20.8 Å². The van der Waals surface area contributed by atoms with Crippen molar-refractivity contribution in [1.82, 2.24) is 4.90 Å². The molecule has 1 heterocycles. The van der Waals surface area contributed by atoms with Gasteiger partial charge in [-0.15, -0.1) is 0 Å². The van der Waals surface area contributed by atoms with Gasteiger partial charge in [-0.25, -0.2) is 9.59 Å². The highest BCUT2D eigenvalue weighted by atomic mass is 16.6. The zero-order valence-electron chi connectivity index (χ0n) is 12.4. The van der Waals surface area contributed by atoms with Crippen molar-refractivity contribution in [2.24, 2.45) is 0 Å². The van der Waals surface area contributed by atoms with Gasteiger partial charge in [0.15, 0.2) is 6.04 Å². The van der Waals surface area contributed by atoms with Crippen molar-refractivity contribution in [2.75, 3.05) is 6.54 Å². The van der Waals surface area contributed by atoms with Crippen LogP contribution in [0.4, 0.5) is 4.79 Å². The normalized spacial score (nSPS) is 23.8. The first kappa shape index (κ1) is 15.8. The number of aliphatic carboxylic acids is 1. The van der Waals surface area contributed by atoms with Gasteiger partial charge in [0.25, 0.3) is 0 Å². The summed E-state index contributed by atoms with van der Waals surface area (Å²) in [4.78, 5) is 24.3. The molecule has 0 aliphatic carbocycles. The Morgan fingerprint density at radius 1 is 1.11 bits per heavy atom. The Bertz CT molecular complexity index is 366. The zero-order chi connectivity index (χ0) is 15.0. The van der Waals surface area contributed by atoms with Crippen LogP contribution in [-0.4, -0.2) is 52.0 Å². The molecular weight excluding hydrogens is 250 g/mol. The second kappa shape index (κ2) is 5.00. The number of ether oxygens (including phenoxy) is 2. The van der Waals surface area contributed by atoms with Gasteiger partial charge in [-0.1, -0.05) is 0 Å². The Balaban J connectivity index is 2.69. The Labute approximate surface area is 113 Å². The number of rotatable bonds is 2. The molecule has 110 valence electrons. The molecule has 1 fully saturated rings. The fourth-order valence-electron chi connectivity index (χ4n) is 1.83. The van der Waals surface area contributed by atoms with E-state index in [0.717, 1.165) is 0 Å². The van der Waals surface area contributed by atoms with Crippen LogP contribution in [0.3, 0.4) is 0 Å². The van der Waals surface area contributed by atoms with Gasteiger partial charge in [0.1, 0.15) is 11.7 Å². The molecule has 0 bridgehead atoms. The zero-order valence-corrected chi connectivity index (χ0v) is 12.4. The lowest BCUT2D eigenvalue weighted by molar-refractivity contribution is -0.180. The smallest absolute Gasteiger partial charge is 0.411 e. The minimum Gasteiger partial charge on any atom is -0.480 e. The van der Waals surface area contributed by atoms with Crippen molar-refractivity contribution in [3.63, 3.8) is 0 Å². The number of carboxylic acids is 1. The number of nitrogens with zero attached hydrogens (tertiary/aromatic N) is 1. The molecule has 0 aromatic heterocycles. The summed E-state index contributed by atoms with van der Waals surface area (Å²) in [6.07, 6.45) is -1.11. The molecule has 19 heavy (non-hydrogen) atoms. The number of carbonyl (C=O) groups excluding carboxylic acids is 1. The third-order valence-electron chi connectivity index (χ3n) is 2.45. The average Bonchev–Trinajstić information content (AvgIpc) is 2.05. The Morgan fingerprint density at radius 3 is 2.00 bits per heavy atom. The molecule has 6 heteroatoms. The van der Waals surface area contributed by atoms with Gasteiger partial charge in [-0.05, 0) is 41.5 Å². The Hall–Kier alpha value is -1.30. The van der Waals surface area contributed by atoms with Gasteiger partial charge < -0.3 is 14.6 Å². The first-order valence-corrected chi connectivity index (χ1v) is 6.31. The number of hydrogen-bond donors (Lipinski definition) is 1. The van der Waals surface area contributed by atoms with Crippen LogP contribution in [0.5, 0.6) is 0 Å². The van der Waals surface area contributed by atoms with E-state index in [2.05, 4.69) is 0 Å². The first-order chi connectivity index (χ1) is 8.41. The Kier molecular flexibility index (Phi) is 4.14. The van der Waals surface area contributed by atoms with Crippen LogP contribution in [0.1, 0.15) is 41.5 Å². The fourth-order valence-corrected chi connectivity index (χ4v) is 1.83. The van der Waals surface area contributed by atoms with Crippen molar-refractivity contribution in [3.05, 3.63) is 0 Å². The van der Waals surface area contributed by atoms with Gasteiger partial charge in [0.2, 0.25) is 0 Å². The maximum absolute atomic E-state index is 11.9. The molecule has 2 atom stereocenters. The lowest BCUT2D eigenvalue weighted by Gasteiger charge is -2.47. The van der Waals surface area contributed by atoms with Crippen LogP contribution in [0.15, 0.2) is 0 Å². The molecule has 1 saturated heterocycles. The van der Waals surface area contributed by atoms with E-state index in [9.17, 15) is 14.7 Å². The fraction of sp³-hybridized carbons (Fsp3) is 0.846. The first-order valence-electron chi connectivity index (χ1n) is 6.31. The molecular formula is C13H23NO5. The molecule has 0 unspecified atom stereocenters. The highest BCUT2D eigenvalue weighted by Gasteiger charge is 2.50. The van der Waals surface area contributed by atoms with E-state index in [4.69, 9.17) is 9.47 Å². The summed E-state index contributed by atoms with van der Waals surface area (Å²) in [5.74, 6) is -1.08. The summed E-state index contributed by atoms with van der Waals surface area (Å²) < 4.78 is 10.8. The third kappa shape index (κ3) is 4.38. The SMILES string of the molecule is CC(C)(C)OC(=O)N1C[C@@H](OC(C)(C)C)[C@H]1C(=O)O. The van der Waals surface area contributed by atoms with Crippen LogP contribution in [0, 0.1) is 0 Å². The van der Waals surface area contributed by atoms with Crippen molar-refractivity contribution in [2.45, 2.75) is 64.9 Å². The molecule has 1 aliphatic rings. The predicted octanol–water partition coefficient (Wildman–Crippen LogP) is 1.87. The summed E-state index contributed by atoms with van der Waals surface area (Å²) in [5, 5.41) is 9.19. The quantitative estimate of drug-likeness (QED) is 0.831. The van der Waals surface area contributed by atoms with Crippen LogP contribution < -0.4 is 0 Å². The molecule has 1 N–H and O–H groups in total. The van der Waals surface area contributed by atoms with Crippen LogP contribution in [0.25, 0.3) is 0 Å². The lowest BCUT2D eigenvalue weighted by Crippen LogP contribution is -2.68. The van der Waals surface area contributed by atoms with Gasteiger partial charge >= 0.3 is 12.1 Å². The van der Waals surface area contributed by atoms with E-state index in [-0.39, 0.29) is 6.54 Å². The molecule has 0 aromatic carbocycles. The largest absolute Gasteiger partial charge is 0.480 e. The topological polar surface area (TPSA) is 76.1 Å². The second-order valence-corrected chi connectivity index (χ2v) is 6.68. The number of hydrogen-bond acceptors (Lipinski definition) is 4. The van der Waals surface area contributed by atoms with Crippen molar-refractivity contribution in [1.29, 1.82) is 0 Å². The summed E-state index contributed by atoms with van der Waals surface area (Å²) in [7, 11) is 0. The maximum Gasteiger partial charge on any atom is 0.411 e. The van der Waals surface area contributed by atoms with Crippen molar-refractivity contribution in [3.8, 4) is 0 Å². The Morgan fingerprint density at radius 2 is 1.63 bits per heavy atom. The number of likely N-dealkylation sites (tertiary alicyclic amines) is 1. The highest BCUT2D eigenvalue weighted by Crippen LogP contribution is 2.27. The van der Waals surface area contributed by atoms with Gasteiger partial charge in [-0.2, -0.15) is 0 Å². The molecule has 0 saturated carbocycles. The number of carboxylic acid groups (broad SMARTS) is 1. The van der Waals surface area contributed by atoms with Gasteiger partial charge in [0.05, 0.1) is 12.1 Å². The highest BCUT2D eigenvalue weighted by molar-refractivity contribution is 5.83. The lowest BCUT2D eigenvalue weighted by atomic mass is 9.99. The molecule has 6 nitrogen and oxygen atoms in total. The number of amides is 1. The van der Waals surface area contributed by atoms with Crippen LogP contribution in [0.2, 0.25) is 0 Å². The summed E-state index contributed by atoms with van der Waals surface area (Å²) in [6.45, 7) is 11.0. The molecule has 0 radical (unpaired) electrons. The summed E-state index contributed by atoms with van der Waals surface area (Å²) >= 11 is 0. The maximum atomic E-state index is 11.9. The minimum absolute atomic E-state index is 0.239. The van der Waals surface area contributed by atoms with Gasteiger partial charge in [0, 0.05) is 0 Å². The molecule has 0 aromatic rings. The van der Waals surface area contributed by atoms with Crippen LogP contribution in [-0.2, 0) is 14.3 Å². The molecule has 0 spiro atoms. The summed E-state index contributed by atoms with van der Waals surface area (Å²) in [6, 6.07) is -0.978. The van der Waals surface area contributed by atoms with Crippen molar-refractivity contribution < 1.29 is 24.2 Å². The molecule has 1 aliphatic heterocycles. The minimum atomic E-state index is -1.08. The standard InChI is InChI=1S/C13H23NO5/c1-12(2,3)18-8-7-14(9(8)10(15)16)11(17)19-13(4,5)6/h8-9H,7H2,1-6H3,(H,15,16)/t8-,9+/m1/s1. The van der Waals surface area contributed by atoms with Crippen LogP contribution >= 0.6 is 0 Å².